The maximum atomic E-state index is 5.78. The summed E-state index contributed by atoms with van der Waals surface area (Å²) in [4.78, 5) is 0. The van der Waals surface area contributed by atoms with E-state index in [9.17, 15) is 0 Å². The SMILES string of the molecule is CCc1nn(C)c(COc2ccc(CCl)cc2)c1Br. The molecule has 0 aliphatic rings. The molecule has 0 saturated carbocycles. The van der Waals surface area contributed by atoms with Gasteiger partial charge >= 0.3 is 0 Å². The molecule has 1 aromatic heterocycles. The fraction of sp³-hybridized carbons (Fsp3) is 0.357. The van der Waals surface area contributed by atoms with E-state index in [1.54, 1.807) is 0 Å². The Morgan fingerprint density at radius 3 is 2.53 bits per heavy atom. The van der Waals surface area contributed by atoms with E-state index >= 15 is 0 Å². The van der Waals surface area contributed by atoms with Crippen LogP contribution in [0.3, 0.4) is 0 Å². The summed E-state index contributed by atoms with van der Waals surface area (Å²) >= 11 is 9.33. The van der Waals surface area contributed by atoms with Crippen LogP contribution in [0, 0.1) is 0 Å². The fourth-order valence-electron chi connectivity index (χ4n) is 1.80. The molecule has 0 fully saturated rings. The number of benzene rings is 1. The van der Waals surface area contributed by atoms with Gasteiger partial charge in [0.15, 0.2) is 0 Å². The zero-order valence-electron chi connectivity index (χ0n) is 11.0. The molecule has 0 amide bonds. The van der Waals surface area contributed by atoms with Crippen molar-refractivity contribution in [1.29, 1.82) is 0 Å². The lowest BCUT2D eigenvalue weighted by atomic mass is 10.2. The maximum Gasteiger partial charge on any atom is 0.131 e. The molecule has 0 atom stereocenters. The van der Waals surface area contributed by atoms with Gasteiger partial charge in [-0.05, 0) is 40.0 Å². The van der Waals surface area contributed by atoms with Crippen LogP contribution in [-0.4, -0.2) is 9.78 Å². The molecule has 1 heterocycles. The Kier molecular flexibility index (Phi) is 4.88. The first-order valence-electron chi connectivity index (χ1n) is 6.13. The minimum absolute atomic E-state index is 0.490. The van der Waals surface area contributed by atoms with Gasteiger partial charge in [0.25, 0.3) is 0 Å². The minimum Gasteiger partial charge on any atom is -0.487 e. The molecule has 0 saturated heterocycles. The van der Waals surface area contributed by atoms with Crippen molar-refractivity contribution in [3.63, 3.8) is 0 Å². The molecule has 5 heteroatoms. The highest BCUT2D eigenvalue weighted by Crippen LogP contribution is 2.23. The highest BCUT2D eigenvalue weighted by atomic mass is 79.9. The average Bonchev–Trinajstić information content (AvgIpc) is 2.72. The van der Waals surface area contributed by atoms with Gasteiger partial charge in [-0.1, -0.05) is 19.1 Å². The molecule has 0 N–H and O–H groups in total. The van der Waals surface area contributed by atoms with E-state index in [-0.39, 0.29) is 0 Å². The van der Waals surface area contributed by atoms with E-state index in [4.69, 9.17) is 16.3 Å². The van der Waals surface area contributed by atoms with E-state index < -0.39 is 0 Å². The van der Waals surface area contributed by atoms with Gasteiger partial charge in [-0.2, -0.15) is 5.10 Å². The van der Waals surface area contributed by atoms with Gasteiger partial charge in [0, 0.05) is 12.9 Å². The molecule has 0 aliphatic heterocycles. The molecule has 0 bridgehead atoms. The van der Waals surface area contributed by atoms with Crippen LogP contribution in [0.15, 0.2) is 28.7 Å². The second-order valence-corrected chi connectivity index (χ2v) is 5.31. The highest BCUT2D eigenvalue weighted by Gasteiger charge is 2.12. The monoisotopic (exact) mass is 342 g/mol. The summed E-state index contributed by atoms with van der Waals surface area (Å²) in [7, 11) is 1.93. The van der Waals surface area contributed by atoms with Crippen molar-refractivity contribution in [2.75, 3.05) is 0 Å². The van der Waals surface area contributed by atoms with E-state index in [0.717, 1.165) is 33.6 Å². The van der Waals surface area contributed by atoms with E-state index in [0.29, 0.717) is 12.5 Å². The molecule has 0 spiro atoms. The zero-order chi connectivity index (χ0) is 13.8. The number of alkyl halides is 1. The van der Waals surface area contributed by atoms with Gasteiger partial charge in [0.05, 0.1) is 15.9 Å². The van der Waals surface area contributed by atoms with Crippen molar-refractivity contribution in [3.05, 3.63) is 45.7 Å². The third-order valence-electron chi connectivity index (χ3n) is 2.96. The average molecular weight is 344 g/mol. The van der Waals surface area contributed by atoms with Gasteiger partial charge < -0.3 is 4.74 Å². The van der Waals surface area contributed by atoms with Crippen molar-refractivity contribution >= 4 is 27.5 Å². The summed E-state index contributed by atoms with van der Waals surface area (Å²) < 4.78 is 8.67. The van der Waals surface area contributed by atoms with Gasteiger partial charge in [-0.3, -0.25) is 4.68 Å². The number of nitrogens with zero attached hydrogens (tertiary/aromatic N) is 2. The molecule has 102 valence electrons. The zero-order valence-corrected chi connectivity index (χ0v) is 13.3. The van der Waals surface area contributed by atoms with Gasteiger partial charge in [0.2, 0.25) is 0 Å². The number of aromatic nitrogens is 2. The second kappa shape index (κ2) is 6.44. The number of hydrogen-bond donors (Lipinski definition) is 0. The standard InChI is InChI=1S/C14H16BrClN2O/c1-3-12-14(15)13(18(2)17-12)9-19-11-6-4-10(8-16)5-7-11/h4-7H,3,8-9H2,1-2H3. The molecule has 19 heavy (non-hydrogen) atoms. The summed E-state index contributed by atoms with van der Waals surface area (Å²) in [6, 6.07) is 7.81. The first-order valence-corrected chi connectivity index (χ1v) is 7.46. The summed E-state index contributed by atoms with van der Waals surface area (Å²) in [6.07, 6.45) is 0.902. The van der Waals surface area contributed by atoms with Crippen LogP contribution in [0.5, 0.6) is 5.75 Å². The Balaban J connectivity index is 2.07. The predicted molar refractivity (Wildman–Crippen MR) is 80.6 cm³/mol. The molecule has 0 radical (unpaired) electrons. The Bertz CT molecular complexity index is 551. The summed E-state index contributed by atoms with van der Waals surface area (Å²) in [5.41, 5.74) is 3.18. The van der Waals surface area contributed by atoms with Crippen molar-refractivity contribution in [1.82, 2.24) is 9.78 Å². The topological polar surface area (TPSA) is 27.1 Å². The molecule has 3 nitrogen and oxygen atoms in total. The lowest BCUT2D eigenvalue weighted by Crippen LogP contribution is -2.03. The summed E-state index contributed by atoms with van der Waals surface area (Å²) in [5, 5.41) is 4.44. The second-order valence-electron chi connectivity index (χ2n) is 4.25. The highest BCUT2D eigenvalue weighted by molar-refractivity contribution is 9.10. The Hall–Kier alpha value is -1.000. The molecule has 1 aromatic carbocycles. The van der Waals surface area contributed by atoms with Crippen molar-refractivity contribution in [2.24, 2.45) is 7.05 Å². The largest absolute Gasteiger partial charge is 0.487 e. The van der Waals surface area contributed by atoms with E-state index in [2.05, 4.69) is 28.0 Å². The van der Waals surface area contributed by atoms with Crippen LogP contribution in [-0.2, 0) is 26.0 Å². The first kappa shape index (κ1) is 14.4. The molecular weight excluding hydrogens is 328 g/mol. The summed E-state index contributed by atoms with van der Waals surface area (Å²) in [5.74, 6) is 1.35. The van der Waals surface area contributed by atoms with Crippen LogP contribution >= 0.6 is 27.5 Å². The van der Waals surface area contributed by atoms with Crippen LogP contribution in [0.25, 0.3) is 0 Å². The quantitative estimate of drug-likeness (QED) is 0.765. The van der Waals surface area contributed by atoms with Crippen molar-refractivity contribution < 1.29 is 4.74 Å². The maximum absolute atomic E-state index is 5.78. The number of ether oxygens (including phenoxy) is 1. The summed E-state index contributed by atoms with van der Waals surface area (Å²) in [6.45, 7) is 2.58. The van der Waals surface area contributed by atoms with E-state index in [1.807, 2.05) is 36.0 Å². The lowest BCUT2D eigenvalue weighted by molar-refractivity contribution is 0.294. The molecule has 0 aliphatic carbocycles. The van der Waals surface area contributed by atoms with Crippen LogP contribution < -0.4 is 4.74 Å². The smallest absolute Gasteiger partial charge is 0.131 e. The predicted octanol–water partition coefficient (Wildman–Crippen LogP) is 4.06. The third kappa shape index (κ3) is 3.31. The van der Waals surface area contributed by atoms with Crippen molar-refractivity contribution in [3.8, 4) is 5.75 Å². The minimum atomic E-state index is 0.490. The Morgan fingerprint density at radius 1 is 1.32 bits per heavy atom. The first-order chi connectivity index (χ1) is 9.15. The Labute approximate surface area is 126 Å². The molecule has 2 rings (SSSR count). The molecule has 2 aromatic rings. The number of aryl methyl sites for hydroxylation is 2. The van der Waals surface area contributed by atoms with E-state index in [1.165, 1.54) is 0 Å². The van der Waals surface area contributed by atoms with Gasteiger partial charge in [0.1, 0.15) is 12.4 Å². The van der Waals surface area contributed by atoms with Gasteiger partial charge in [-0.15, -0.1) is 11.6 Å². The third-order valence-corrected chi connectivity index (χ3v) is 4.18. The fourth-order valence-corrected chi connectivity index (χ4v) is 2.71. The number of hydrogen-bond acceptors (Lipinski definition) is 2. The van der Waals surface area contributed by atoms with Crippen LogP contribution in [0.2, 0.25) is 0 Å². The normalized spacial score (nSPS) is 10.7. The van der Waals surface area contributed by atoms with Crippen LogP contribution in [0.4, 0.5) is 0 Å². The molecule has 0 unspecified atom stereocenters. The van der Waals surface area contributed by atoms with Crippen LogP contribution in [0.1, 0.15) is 23.9 Å². The number of rotatable bonds is 5. The van der Waals surface area contributed by atoms with Crippen molar-refractivity contribution in [2.45, 2.75) is 25.8 Å². The lowest BCUT2D eigenvalue weighted by Gasteiger charge is -2.07. The number of halogens is 2. The Morgan fingerprint density at radius 2 is 2.00 bits per heavy atom. The van der Waals surface area contributed by atoms with Gasteiger partial charge in [-0.25, -0.2) is 0 Å². The molecular formula is C14H16BrClN2O.